The lowest BCUT2D eigenvalue weighted by atomic mass is 9.93. The molecular formula is C22H25FN2. The first-order valence-corrected chi connectivity index (χ1v) is 9.23. The van der Waals surface area contributed by atoms with Crippen molar-refractivity contribution in [3.63, 3.8) is 0 Å². The number of aromatic nitrogens is 1. The van der Waals surface area contributed by atoms with Gasteiger partial charge in [-0.1, -0.05) is 37.3 Å². The van der Waals surface area contributed by atoms with Crippen molar-refractivity contribution in [1.29, 1.82) is 0 Å². The van der Waals surface area contributed by atoms with E-state index in [0.717, 1.165) is 26.1 Å². The lowest BCUT2D eigenvalue weighted by Gasteiger charge is -2.38. The lowest BCUT2D eigenvalue weighted by Crippen LogP contribution is -2.41. The molecule has 0 spiro atoms. The number of rotatable bonds is 4. The van der Waals surface area contributed by atoms with Crippen LogP contribution in [-0.2, 0) is 6.42 Å². The number of nitrogens with zero attached hydrogens (tertiary/aromatic N) is 2. The largest absolute Gasteiger partial charge is 0.344 e. The molecule has 2 heterocycles. The highest BCUT2D eigenvalue weighted by molar-refractivity contribution is 5.80. The number of hydrogen-bond acceptors (Lipinski definition) is 1. The zero-order valence-electron chi connectivity index (χ0n) is 14.7. The van der Waals surface area contributed by atoms with E-state index in [9.17, 15) is 4.39 Å². The van der Waals surface area contributed by atoms with Gasteiger partial charge in [0.1, 0.15) is 5.82 Å². The van der Waals surface area contributed by atoms with E-state index in [1.807, 2.05) is 12.1 Å². The second kappa shape index (κ2) is 7.01. The summed E-state index contributed by atoms with van der Waals surface area (Å²) >= 11 is 0. The summed E-state index contributed by atoms with van der Waals surface area (Å²) in [5, 5.41) is 1.33. The van der Waals surface area contributed by atoms with Crippen molar-refractivity contribution in [3.8, 4) is 0 Å². The number of piperidine rings is 1. The number of benzene rings is 2. The molecule has 0 saturated carbocycles. The monoisotopic (exact) mass is 336 g/mol. The van der Waals surface area contributed by atoms with Gasteiger partial charge in [-0.2, -0.15) is 0 Å². The Morgan fingerprint density at radius 2 is 1.84 bits per heavy atom. The first-order valence-electron chi connectivity index (χ1n) is 9.23. The molecule has 1 aliphatic heterocycles. The van der Waals surface area contributed by atoms with Crippen LogP contribution in [0.25, 0.3) is 10.9 Å². The van der Waals surface area contributed by atoms with Crippen LogP contribution in [0.15, 0.2) is 60.8 Å². The third kappa shape index (κ3) is 3.47. The van der Waals surface area contributed by atoms with Crippen molar-refractivity contribution in [3.05, 3.63) is 72.2 Å². The topological polar surface area (TPSA) is 8.17 Å². The van der Waals surface area contributed by atoms with Gasteiger partial charge in [-0.15, -0.1) is 0 Å². The average Bonchev–Trinajstić information content (AvgIpc) is 3.05. The molecule has 1 aromatic heterocycles. The van der Waals surface area contributed by atoms with Gasteiger partial charge in [0.05, 0.1) is 0 Å². The van der Waals surface area contributed by atoms with E-state index in [1.165, 1.54) is 22.9 Å². The molecule has 2 nitrogen and oxygen atoms in total. The minimum absolute atomic E-state index is 0.155. The maximum Gasteiger partial charge on any atom is 0.123 e. The molecule has 0 N–H and O–H groups in total. The van der Waals surface area contributed by atoms with Crippen molar-refractivity contribution >= 4 is 10.9 Å². The summed E-state index contributed by atoms with van der Waals surface area (Å²) in [7, 11) is 0. The van der Waals surface area contributed by atoms with Gasteiger partial charge in [0.2, 0.25) is 0 Å². The van der Waals surface area contributed by atoms with E-state index >= 15 is 0 Å². The molecule has 3 aromatic rings. The Morgan fingerprint density at radius 1 is 1.04 bits per heavy atom. The fourth-order valence-corrected chi connectivity index (χ4v) is 4.17. The molecule has 2 aromatic carbocycles. The zero-order valence-corrected chi connectivity index (χ0v) is 14.7. The van der Waals surface area contributed by atoms with Crippen LogP contribution in [0.4, 0.5) is 4.39 Å². The van der Waals surface area contributed by atoms with E-state index in [4.69, 9.17) is 0 Å². The van der Waals surface area contributed by atoms with E-state index in [2.05, 4.69) is 52.9 Å². The lowest BCUT2D eigenvalue weighted by molar-refractivity contribution is 0.136. The van der Waals surface area contributed by atoms with Gasteiger partial charge in [-0.05, 0) is 54.0 Å². The third-order valence-corrected chi connectivity index (χ3v) is 5.56. The van der Waals surface area contributed by atoms with Crippen LogP contribution < -0.4 is 0 Å². The normalized spacial score (nSPS) is 21.7. The highest BCUT2D eigenvalue weighted by atomic mass is 19.1. The Balaban J connectivity index is 1.39. The summed E-state index contributed by atoms with van der Waals surface area (Å²) in [6.45, 7) is 5.67. The third-order valence-electron chi connectivity index (χ3n) is 5.56. The summed E-state index contributed by atoms with van der Waals surface area (Å²) in [6, 6.07) is 18.4. The number of likely N-dealkylation sites (tertiary alicyclic amines) is 1. The van der Waals surface area contributed by atoms with Crippen LogP contribution in [-0.4, -0.2) is 29.1 Å². The van der Waals surface area contributed by atoms with Gasteiger partial charge >= 0.3 is 0 Å². The molecule has 0 bridgehead atoms. The summed E-state index contributed by atoms with van der Waals surface area (Å²) in [4.78, 5) is 2.55. The predicted octanol–water partition coefficient (Wildman–Crippen LogP) is 4.91. The average molecular weight is 336 g/mol. The van der Waals surface area contributed by atoms with E-state index in [-0.39, 0.29) is 5.82 Å². The predicted molar refractivity (Wildman–Crippen MR) is 101 cm³/mol. The summed E-state index contributed by atoms with van der Waals surface area (Å²) in [5.74, 6) is 0.468. The van der Waals surface area contributed by atoms with Crippen molar-refractivity contribution in [2.45, 2.75) is 25.8 Å². The minimum atomic E-state index is -0.155. The molecule has 130 valence electrons. The summed E-state index contributed by atoms with van der Waals surface area (Å²) < 4.78 is 15.5. The van der Waals surface area contributed by atoms with Gasteiger partial charge in [-0.25, -0.2) is 4.39 Å². The number of hydrogen-bond donors (Lipinski definition) is 0. The van der Waals surface area contributed by atoms with E-state index in [1.54, 1.807) is 12.1 Å². The molecule has 1 fully saturated rings. The van der Waals surface area contributed by atoms with Gasteiger partial charge < -0.3 is 9.47 Å². The van der Waals surface area contributed by atoms with Crippen LogP contribution in [0.5, 0.6) is 0 Å². The molecule has 25 heavy (non-hydrogen) atoms. The molecular weight excluding hydrogens is 311 g/mol. The fraction of sp³-hybridized carbons (Fsp3) is 0.364. The molecule has 0 unspecified atom stereocenters. The minimum Gasteiger partial charge on any atom is -0.344 e. The zero-order chi connectivity index (χ0) is 17.2. The standard InChI is InChI=1S/C22H25FN2/c1-17-16-24(13-10-18-6-8-20(23)9-7-18)14-12-21(17)25-15-11-19-4-2-3-5-22(19)25/h2-9,11,15,17,21H,10,12-14,16H2,1H3/t17-,21+/m1/s1. The Kier molecular flexibility index (Phi) is 4.58. The number of para-hydroxylation sites is 1. The number of fused-ring (bicyclic) bond motifs is 1. The number of halogens is 1. The maximum absolute atomic E-state index is 13.0. The Hall–Kier alpha value is -2.13. The van der Waals surface area contributed by atoms with Gasteiger partial charge in [0.15, 0.2) is 0 Å². The molecule has 2 atom stereocenters. The van der Waals surface area contributed by atoms with Crippen LogP contribution in [0.2, 0.25) is 0 Å². The van der Waals surface area contributed by atoms with E-state index in [0.29, 0.717) is 12.0 Å². The highest BCUT2D eigenvalue weighted by Gasteiger charge is 2.27. The SMILES string of the molecule is C[C@@H]1CN(CCc2ccc(F)cc2)CC[C@@H]1n1ccc2ccccc21. The van der Waals surface area contributed by atoms with Crippen LogP contribution in [0.1, 0.15) is 24.9 Å². The van der Waals surface area contributed by atoms with E-state index < -0.39 is 0 Å². The molecule has 0 radical (unpaired) electrons. The van der Waals surface area contributed by atoms with Crippen molar-refractivity contribution < 1.29 is 4.39 Å². The maximum atomic E-state index is 13.0. The molecule has 1 aliphatic rings. The first-order chi connectivity index (χ1) is 12.2. The van der Waals surface area contributed by atoms with Gasteiger partial charge in [-0.3, -0.25) is 0 Å². The molecule has 1 saturated heterocycles. The molecule has 0 amide bonds. The van der Waals surface area contributed by atoms with Crippen LogP contribution in [0.3, 0.4) is 0 Å². The Labute approximate surface area is 148 Å². The van der Waals surface area contributed by atoms with Crippen molar-refractivity contribution in [2.24, 2.45) is 5.92 Å². The van der Waals surface area contributed by atoms with Crippen molar-refractivity contribution in [1.82, 2.24) is 9.47 Å². The second-order valence-corrected chi connectivity index (χ2v) is 7.29. The molecule has 4 rings (SSSR count). The highest BCUT2D eigenvalue weighted by Crippen LogP contribution is 2.31. The van der Waals surface area contributed by atoms with Crippen LogP contribution in [0, 0.1) is 11.7 Å². The van der Waals surface area contributed by atoms with Crippen LogP contribution >= 0.6 is 0 Å². The fourth-order valence-electron chi connectivity index (χ4n) is 4.17. The smallest absolute Gasteiger partial charge is 0.123 e. The van der Waals surface area contributed by atoms with Gasteiger partial charge in [0.25, 0.3) is 0 Å². The Bertz CT molecular complexity index is 837. The van der Waals surface area contributed by atoms with Crippen molar-refractivity contribution in [2.75, 3.05) is 19.6 Å². The summed E-state index contributed by atoms with van der Waals surface area (Å²) in [6.07, 6.45) is 4.42. The second-order valence-electron chi connectivity index (χ2n) is 7.29. The first kappa shape index (κ1) is 16.3. The summed E-state index contributed by atoms with van der Waals surface area (Å²) in [5.41, 5.74) is 2.56. The quantitative estimate of drug-likeness (QED) is 0.657. The molecule has 0 aliphatic carbocycles. The molecule has 3 heteroatoms. The Morgan fingerprint density at radius 3 is 2.64 bits per heavy atom. The van der Waals surface area contributed by atoms with Gasteiger partial charge in [0, 0.05) is 37.4 Å².